The van der Waals surface area contributed by atoms with Gasteiger partial charge in [-0.15, -0.1) is 0 Å². The zero-order valence-electron chi connectivity index (χ0n) is 14.1. The molecule has 0 radical (unpaired) electrons. The fourth-order valence-electron chi connectivity index (χ4n) is 2.41. The minimum atomic E-state index is -0.569. The van der Waals surface area contributed by atoms with Crippen LogP contribution in [0.5, 0.6) is 5.75 Å². The van der Waals surface area contributed by atoms with Gasteiger partial charge in [-0.05, 0) is 36.6 Å². The van der Waals surface area contributed by atoms with Gasteiger partial charge in [0.25, 0.3) is 5.56 Å². The molecule has 8 heteroatoms. The largest absolute Gasteiger partial charge is 0.489 e. The molecular weight excluding hydrogens is 372 g/mol. The summed E-state index contributed by atoms with van der Waals surface area (Å²) in [4.78, 5) is 18.9. The van der Waals surface area contributed by atoms with Gasteiger partial charge in [0.2, 0.25) is 0 Å². The lowest BCUT2D eigenvalue weighted by atomic mass is 10.1. The second-order valence-electron chi connectivity index (χ2n) is 5.46. The van der Waals surface area contributed by atoms with E-state index in [0.29, 0.717) is 16.5 Å². The second-order valence-corrected chi connectivity index (χ2v) is 6.26. The standard InChI is InChI=1S/C19H13F2N3O2S/c1-27-19-23-17(15(9-22)18(25)24-19)11-3-2-4-14(8-11)26-10-12-7-13(20)5-6-16(12)21/h2-8H,10H2,1H3,(H,23,24,25). The van der Waals surface area contributed by atoms with E-state index in [1.165, 1.54) is 11.8 Å². The van der Waals surface area contributed by atoms with Crippen molar-refractivity contribution in [3.8, 4) is 23.1 Å². The van der Waals surface area contributed by atoms with Gasteiger partial charge in [-0.3, -0.25) is 4.79 Å². The first-order valence-electron chi connectivity index (χ1n) is 7.77. The molecule has 136 valence electrons. The van der Waals surface area contributed by atoms with E-state index in [4.69, 9.17) is 4.74 Å². The van der Waals surface area contributed by atoms with Crippen molar-refractivity contribution >= 4 is 11.8 Å². The first-order chi connectivity index (χ1) is 13.0. The van der Waals surface area contributed by atoms with Crippen LogP contribution in [-0.2, 0) is 6.61 Å². The van der Waals surface area contributed by atoms with Crippen molar-refractivity contribution in [2.24, 2.45) is 0 Å². The van der Waals surface area contributed by atoms with Crippen LogP contribution < -0.4 is 10.3 Å². The Hall–Kier alpha value is -3.18. The van der Waals surface area contributed by atoms with Gasteiger partial charge in [0, 0.05) is 11.1 Å². The van der Waals surface area contributed by atoms with E-state index in [1.54, 1.807) is 30.5 Å². The summed E-state index contributed by atoms with van der Waals surface area (Å²) in [5.41, 5.74) is 0.177. The molecule has 0 fully saturated rings. The number of ether oxygens (including phenoxy) is 1. The molecule has 3 rings (SSSR count). The molecule has 0 aliphatic rings. The van der Waals surface area contributed by atoms with Gasteiger partial charge in [0.15, 0.2) is 5.16 Å². The zero-order valence-corrected chi connectivity index (χ0v) is 14.9. The fraction of sp³-hybridized carbons (Fsp3) is 0.105. The maximum absolute atomic E-state index is 13.7. The van der Waals surface area contributed by atoms with Crippen molar-refractivity contribution in [2.75, 3.05) is 6.26 Å². The molecule has 0 saturated carbocycles. The topological polar surface area (TPSA) is 78.8 Å². The van der Waals surface area contributed by atoms with Gasteiger partial charge in [0.05, 0.1) is 5.69 Å². The Kier molecular flexibility index (Phi) is 5.52. The number of thioether (sulfide) groups is 1. The fourth-order valence-corrected chi connectivity index (χ4v) is 2.79. The van der Waals surface area contributed by atoms with E-state index in [0.717, 1.165) is 18.2 Å². The monoisotopic (exact) mass is 385 g/mol. The Morgan fingerprint density at radius 3 is 2.81 bits per heavy atom. The number of nitriles is 1. The summed E-state index contributed by atoms with van der Waals surface area (Å²) in [5.74, 6) is -0.757. The molecule has 27 heavy (non-hydrogen) atoms. The molecule has 0 aliphatic carbocycles. The van der Waals surface area contributed by atoms with Crippen molar-refractivity contribution in [2.45, 2.75) is 11.8 Å². The Balaban J connectivity index is 1.93. The van der Waals surface area contributed by atoms with E-state index in [1.807, 2.05) is 6.07 Å². The minimum absolute atomic E-state index is 0.0806. The van der Waals surface area contributed by atoms with Crippen LogP contribution in [0.2, 0.25) is 0 Å². The summed E-state index contributed by atoms with van der Waals surface area (Å²) in [5, 5.41) is 9.65. The third-order valence-electron chi connectivity index (χ3n) is 3.71. The number of benzene rings is 2. The summed E-state index contributed by atoms with van der Waals surface area (Å²) >= 11 is 1.24. The van der Waals surface area contributed by atoms with Crippen LogP contribution in [0.25, 0.3) is 11.3 Å². The van der Waals surface area contributed by atoms with E-state index >= 15 is 0 Å². The maximum atomic E-state index is 13.7. The van der Waals surface area contributed by atoms with Crippen LogP contribution in [0, 0.1) is 23.0 Å². The molecule has 0 unspecified atom stereocenters. The van der Waals surface area contributed by atoms with Crippen LogP contribution in [0.1, 0.15) is 11.1 Å². The lowest BCUT2D eigenvalue weighted by Crippen LogP contribution is -2.14. The summed E-state index contributed by atoms with van der Waals surface area (Å²) in [7, 11) is 0. The summed E-state index contributed by atoms with van der Waals surface area (Å²) in [6.07, 6.45) is 1.75. The van der Waals surface area contributed by atoms with E-state index in [-0.39, 0.29) is 23.4 Å². The van der Waals surface area contributed by atoms with Gasteiger partial charge in [-0.1, -0.05) is 23.9 Å². The lowest BCUT2D eigenvalue weighted by molar-refractivity contribution is 0.299. The highest BCUT2D eigenvalue weighted by atomic mass is 32.2. The normalized spacial score (nSPS) is 10.4. The summed E-state index contributed by atoms with van der Waals surface area (Å²) in [6, 6.07) is 11.6. The van der Waals surface area contributed by atoms with Crippen molar-refractivity contribution in [1.82, 2.24) is 9.97 Å². The SMILES string of the molecule is CSc1nc(-c2cccc(OCc3cc(F)ccc3F)c2)c(C#N)c(=O)[nH]1. The Morgan fingerprint density at radius 1 is 1.26 bits per heavy atom. The number of hydrogen-bond acceptors (Lipinski definition) is 5. The highest BCUT2D eigenvalue weighted by Crippen LogP contribution is 2.25. The Labute approximate surface area is 157 Å². The molecule has 0 spiro atoms. The smallest absolute Gasteiger partial charge is 0.270 e. The number of nitrogens with zero attached hydrogens (tertiary/aromatic N) is 2. The highest BCUT2D eigenvalue weighted by Gasteiger charge is 2.14. The van der Waals surface area contributed by atoms with Gasteiger partial charge < -0.3 is 9.72 Å². The number of halogens is 2. The second kappa shape index (κ2) is 8.01. The van der Waals surface area contributed by atoms with Crippen molar-refractivity contribution in [1.29, 1.82) is 5.26 Å². The molecule has 0 saturated heterocycles. The summed E-state index contributed by atoms with van der Waals surface area (Å²) in [6.45, 7) is -0.170. The van der Waals surface area contributed by atoms with Gasteiger partial charge in [-0.25, -0.2) is 13.8 Å². The average molecular weight is 385 g/mol. The first kappa shape index (κ1) is 18.6. The van der Waals surface area contributed by atoms with E-state index in [2.05, 4.69) is 9.97 Å². The predicted molar refractivity (Wildman–Crippen MR) is 97.5 cm³/mol. The average Bonchev–Trinajstić information content (AvgIpc) is 2.68. The maximum Gasteiger partial charge on any atom is 0.270 e. The number of H-pyrrole nitrogens is 1. The number of aromatic amines is 1. The van der Waals surface area contributed by atoms with Crippen LogP contribution in [0.4, 0.5) is 8.78 Å². The molecule has 0 aliphatic heterocycles. The van der Waals surface area contributed by atoms with E-state index < -0.39 is 17.2 Å². The first-order valence-corrected chi connectivity index (χ1v) is 9.00. The highest BCUT2D eigenvalue weighted by molar-refractivity contribution is 7.98. The molecule has 1 heterocycles. The minimum Gasteiger partial charge on any atom is -0.489 e. The van der Waals surface area contributed by atoms with Gasteiger partial charge in [0.1, 0.15) is 35.6 Å². The molecule has 0 bridgehead atoms. The molecule has 1 aromatic heterocycles. The van der Waals surface area contributed by atoms with E-state index in [9.17, 15) is 18.8 Å². The van der Waals surface area contributed by atoms with Crippen molar-refractivity contribution < 1.29 is 13.5 Å². The molecule has 0 atom stereocenters. The van der Waals surface area contributed by atoms with Crippen molar-refractivity contribution in [3.05, 3.63) is 75.6 Å². The van der Waals surface area contributed by atoms with Crippen molar-refractivity contribution in [3.63, 3.8) is 0 Å². The number of nitrogens with one attached hydrogen (secondary N) is 1. The van der Waals surface area contributed by atoms with Crippen LogP contribution >= 0.6 is 11.8 Å². The zero-order chi connectivity index (χ0) is 19.4. The quantitative estimate of drug-likeness (QED) is 0.533. The van der Waals surface area contributed by atoms with Crippen LogP contribution in [0.3, 0.4) is 0 Å². The number of aromatic nitrogens is 2. The van der Waals surface area contributed by atoms with Crippen LogP contribution in [-0.4, -0.2) is 16.2 Å². The number of hydrogen-bond donors (Lipinski definition) is 1. The molecular formula is C19H13F2N3O2S. The third-order valence-corrected chi connectivity index (χ3v) is 4.29. The molecule has 5 nitrogen and oxygen atoms in total. The molecule has 0 amide bonds. The molecule has 2 aromatic carbocycles. The predicted octanol–water partition coefficient (Wildman–Crippen LogP) is 3.89. The lowest BCUT2D eigenvalue weighted by Gasteiger charge is -2.10. The Morgan fingerprint density at radius 2 is 2.07 bits per heavy atom. The van der Waals surface area contributed by atoms with Gasteiger partial charge in [-0.2, -0.15) is 5.26 Å². The summed E-state index contributed by atoms with van der Waals surface area (Å²) < 4.78 is 32.5. The molecule has 1 N–H and O–H groups in total. The number of rotatable bonds is 5. The Bertz CT molecular complexity index is 1090. The van der Waals surface area contributed by atoms with Crippen LogP contribution in [0.15, 0.2) is 52.4 Å². The third kappa shape index (κ3) is 4.15. The van der Waals surface area contributed by atoms with Gasteiger partial charge >= 0.3 is 0 Å². The molecule has 3 aromatic rings.